The molecule has 0 aliphatic carbocycles. The summed E-state index contributed by atoms with van der Waals surface area (Å²) in [4.78, 5) is 7.89. The first-order chi connectivity index (χ1) is 8.00. The largest absolute Gasteiger partial charge is 0.479 e. The van der Waals surface area contributed by atoms with Gasteiger partial charge in [0.05, 0.1) is 12.7 Å². The molecule has 0 fully saturated rings. The summed E-state index contributed by atoms with van der Waals surface area (Å²) in [5.74, 6) is 0.811. The number of nitrogens with two attached hydrogens (primary N) is 1. The SMILES string of the molecule is CCCC(C)(O)CNc1ncnc(OC)c1N. The van der Waals surface area contributed by atoms with Crippen molar-refractivity contribution in [1.29, 1.82) is 0 Å². The summed E-state index contributed by atoms with van der Waals surface area (Å²) >= 11 is 0. The number of rotatable bonds is 6. The molecule has 6 nitrogen and oxygen atoms in total. The van der Waals surface area contributed by atoms with Gasteiger partial charge in [-0.1, -0.05) is 13.3 Å². The van der Waals surface area contributed by atoms with E-state index in [9.17, 15) is 5.11 Å². The Labute approximate surface area is 101 Å². The van der Waals surface area contributed by atoms with E-state index in [1.54, 1.807) is 6.92 Å². The van der Waals surface area contributed by atoms with Crippen LogP contribution in [-0.4, -0.2) is 34.3 Å². The molecule has 1 atom stereocenters. The van der Waals surface area contributed by atoms with Crippen LogP contribution in [-0.2, 0) is 0 Å². The Balaban J connectivity index is 2.69. The van der Waals surface area contributed by atoms with Crippen LogP contribution in [0.25, 0.3) is 0 Å². The van der Waals surface area contributed by atoms with Gasteiger partial charge in [-0.15, -0.1) is 0 Å². The van der Waals surface area contributed by atoms with E-state index in [0.29, 0.717) is 30.4 Å². The average molecular weight is 240 g/mol. The monoisotopic (exact) mass is 240 g/mol. The number of hydrogen-bond acceptors (Lipinski definition) is 6. The number of nitrogens with zero attached hydrogens (tertiary/aromatic N) is 2. The standard InChI is InChI=1S/C11H20N4O2/c1-4-5-11(2,16)6-13-9-8(12)10(17-3)15-7-14-9/h7,16H,4-6,12H2,1-3H3,(H,13,14,15). The summed E-state index contributed by atoms with van der Waals surface area (Å²) < 4.78 is 4.99. The Morgan fingerprint density at radius 1 is 1.53 bits per heavy atom. The Hall–Kier alpha value is -1.56. The Kier molecular flexibility index (Phi) is 4.51. The fourth-order valence-corrected chi connectivity index (χ4v) is 1.58. The molecule has 0 aliphatic rings. The lowest BCUT2D eigenvalue weighted by atomic mass is 10.0. The van der Waals surface area contributed by atoms with Gasteiger partial charge in [-0.2, -0.15) is 4.98 Å². The van der Waals surface area contributed by atoms with E-state index in [-0.39, 0.29) is 0 Å². The predicted molar refractivity (Wildman–Crippen MR) is 67.0 cm³/mol. The molecule has 0 aliphatic heterocycles. The first-order valence-corrected chi connectivity index (χ1v) is 5.61. The molecule has 0 spiro atoms. The number of nitrogen functional groups attached to an aromatic ring is 1. The van der Waals surface area contributed by atoms with Crippen LogP contribution in [0.1, 0.15) is 26.7 Å². The highest BCUT2D eigenvalue weighted by atomic mass is 16.5. The van der Waals surface area contributed by atoms with E-state index in [2.05, 4.69) is 15.3 Å². The van der Waals surface area contributed by atoms with E-state index >= 15 is 0 Å². The molecular weight excluding hydrogens is 220 g/mol. The van der Waals surface area contributed by atoms with Gasteiger partial charge in [-0.25, -0.2) is 4.98 Å². The van der Waals surface area contributed by atoms with E-state index in [4.69, 9.17) is 10.5 Å². The molecule has 0 bridgehead atoms. The molecule has 4 N–H and O–H groups in total. The van der Waals surface area contributed by atoms with Crippen molar-refractivity contribution in [2.45, 2.75) is 32.3 Å². The van der Waals surface area contributed by atoms with Gasteiger partial charge in [0.2, 0.25) is 5.88 Å². The molecule has 0 radical (unpaired) electrons. The van der Waals surface area contributed by atoms with Crippen molar-refractivity contribution in [3.8, 4) is 5.88 Å². The molecule has 6 heteroatoms. The zero-order chi connectivity index (χ0) is 12.9. The minimum atomic E-state index is -0.778. The highest BCUT2D eigenvalue weighted by molar-refractivity contribution is 5.66. The summed E-state index contributed by atoms with van der Waals surface area (Å²) in [5, 5.41) is 13.0. The molecule has 1 heterocycles. The zero-order valence-electron chi connectivity index (χ0n) is 10.5. The van der Waals surface area contributed by atoms with Crippen LogP contribution in [0.4, 0.5) is 11.5 Å². The van der Waals surface area contributed by atoms with Gasteiger partial charge in [0.1, 0.15) is 12.0 Å². The summed E-state index contributed by atoms with van der Waals surface area (Å²) in [6.45, 7) is 4.18. The first-order valence-electron chi connectivity index (χ1n) is 5.61. The third-order valence-electron chi connectivity index (χ3n) is 2.47. The van der Waals surface area contributed by atoms with Crippen LogP contribution in [0.3, 0.4) is 0 Å². The lowest BCUT2D eigenvalue weighted by Crippen LogP contribution is -2.33. The van der Waals surface area contributed by atoms with Crippen molar-refractivity contribution >= 4 is 11.5 Å². The highest BCUT2D eigenvalue weighted by Crippen LogP contribution is 2.24. The zero-order valence-corrected chi connectivity index (χ0v) is 10.5. The minimum Gasteiger partial charge on any atom is -0.479 e. The van der Waals surface area contributed by atoms with Crippen LogP contribution >= 0.6 is 0 Å². The fraction of sp³-hybridized carbons (Fsp3) is 0.636. The van der Waals surface area contributed by atoms with Crippen LogP contribution < -0.4 is 15.8 Å². The van der Waals surface area contributed by atoms with Crippen molar-refractivity contribution in [2.24, 2.45) is 0 Å². The van der Waals surface area contributed by atoms with Crippen LogP contribution in [0.2, 0.25) is 0 Å². The van der Waals surface area contributed by atoms with Crippen LogP contribution in [0.15, 0.2) is 6.33 Å². The molecule has 1 unspecified atom stereocenters. The normalized spacial score (nSPS) is 14.1. The Morgan fingerprint density at radius 3 is 2.82 bits per heavy atom. The number of hydrogen-bond donors (Lipinski definition) is 3. The van der Waals surface area contributed by atoms with Crippen molar-refractivity contribution in [1.82, 2.24) is 9.97 Å². The van der Waals surface area contributed by atoms with Crippen molar-refractivity contribution < 1.29 is 9.84 Å². The van der Waals surface area contributed by atoms with Gasteiger partial charge < -0.3 is 20.9 Å². The summed E-state index contributed by atoms with van der Waals surface area (Å²) in [6.07, 6.45) is 2.99. The number of aromatic nitrogens is 2. The van der Waals surface area contributed by atoms with E-state index in [0.717, 1.165) is 6.42 Å². The molecule has 0 amide bonds. The van der Waals surface area contributed by atoms with Gasteiger partial charge in [0.25, 0.3) is 0 Å². The molecular formula is C11H20N4O2. The minimum absolute atomic E-state index is 0.331. The molecule has 0 aromatic carbocycles. The number of nitrogens with one attached hydrogen (secondary N) is 1. The van der Waals surface area contributed by atoms with Gasteiger partial charge >= 0.3 is 0 Å². The second kappa shape index (κ2) is 5.67. The first kappa shape index (κ1) is 13.5. The van der Waals surface area contributed by atoms with Crippen molar-refractivity contribution in [2.75, 3.05) is 24.7 Å². The van der Waals surface area contributed by atoms with Crippen molar-refractivity contribution in [3.05, 3.63) is 6.33 Å². The summed E-state index contributed by atoms with van der Waals surface area (Å²) in [6, 6.07) is 0. The van der Waals surface area contributed by atoms with E-state index in [1.165, 1.54) is 13.4 Å². The van der Waals surface area contributed by atoms with Gasteiger partial charge in [0, 0.05) is 6.54 Å². The molecule has 0 saturated carbocycles. The maximum absolute atomic E-state index is 10.0. The third-order valence-corrected chi connectivity index (χ3v) is 2.47. The fourth-order valence-electron chi connectivity index (χ4n) is 1.58. The molecule has 1 aromatic heterocycles. The average Bonchev–Trinajstić information content (AvgIpc) is 2.28. The lowest BCUT2D eigenvalue weighted by Gasteiger charge is -2.23. The van der Waals surface area contributed by atoms with E-state index in [1.807, 2.05) is 6.92 Å². The second-order valence-electron chi connectivity index (χ2n) is 4.25. The maximum Gasteiger partial charge on any atom is 0.242 e. The smallest absolute Gasteiger partial charge is 0.242 e. The highest BCUT2D eigenvalue weighted by Gasteiger charge is 2.19. The Bertz CT molecular complexity index is 368. The Morgan fingerprint density at radius 2 is 2.24 bits per heavy atom. The quantitative estimate of drug-likeness (QED) is 0.687. The van der Waals surface area contributed by atoms with Crippen LogP contribution in [0, 0.1) is 0 Å². The van der Waals surface area contributed by atoms with Gasteiger partial charge in [-0.05, 0) is 13.3 Å². The molecule has 1 aromatic rings. The van der Waals surface area contributed by atoms with Crippen LogP contribution in [0.5, 0.6) is 5.88 Å². The molecule has 1 rings (SSSR count). The molecule has 96 valence electrons. The maximum atomic E-state index is 10.0. The molecule has 17 heavy (non-hydrogen) atoms. The summed E-state index contributed by atoms with van der Waals surface area (Å²) in [5.41, 5.74) is 5.37. The van der Waals surface area contributed by atoms with Gasteiger partial charge in [0.15, 0.2) is 5.82 Å². The topological polar surface area (TPSA) is 93.3 Å². The summed E-state index contributed by atoms with van der Waals surface area (Å²) in [7, 11) is 1.50. The lowest BCUT2D eigenvalue weighted by molar-refractivity contribution is 0.0636. The van der Waals surface area contributed by atoms with E-state index < -0.39 is 5.60 Å². The number of ether oxygens (including phenoxy) is 1. The number of anilines is 2. The van der Waals surface area contributed by atoms with Crippen molar-refractivity contribution in [3.63, 3.8) is 0 Å². The third kappa shape index (κ3) is 3.74. The number of methoxy groups -OCH3 is 1. The molecule has 0 saturated heterocycles. The number of aliphatic hydroxyl groups is 1. The second-order valence-corrected chi connectivity index (χ2v) is 4.25. The van der Waals surface area contributed by atoms with Gasteiger partial charge in [-0.3, -0.25) is 0 Å². The predicted octanol–water partition coefficient (Wildman–Crippen LogP) is 1.03.